The van der Waals surface area contributed by atoms with Gasteiger partial charge in [0, 0.05) is 31.0 Å². The third-order valence-corrected chi connectivity index (χ3v) is 4.79. The lowest BCUT2D eigenvalue weighted by Gasteiger charge is -2.14. The molecule has 2 fully saturated rings. The highest BCUT2D eigenvalue weighted by molar-refractivity contribution is 7.99. The maximum atomic E-state index is 11.6. The van der Waals surface area contributed by atoms with E-state index in [2.05, 4.69) is 9.88 Å². The van der Waals surface area contributed by atoms with Crippen molar-refractivity contribution in [2.24, 2.45) is 5.92 Å². The van der Waals surface area contributed by atoms with Crippen molar-refractivity contribution >= 4 is 17.7 Å². The van der Waals surface area contributed by atoms with E-state index in [4.69, 9.17) is 0 Å². The Morgan fingerprint density at radius 3 is 3.18 bits per heavy atom. The van der Waals surface area contributed by atoms with E-state index in [0.717, 1.165) is 30.2 Å². The summed E-state index contributed by atoms with van der Waals surface area (Å²) in [6.45, 7) is 0.962. The standard InChI is InChI=1S/C13H16N2OS/c16-13-5-4-11-7-10(8-15(11)13)9-17-12-3-1-2-6-14-12/h1-3,6,10-11H,4-5,7-9H2. The van der Waals surface area contributed by atoms with Crippen LogP contribution in [0.4, 0.5) is 0 Å². The molecule has 0 N–H and O–H groups in total. The smallest absolute Gasteiger partial charge is 0.222 e. The SMILES string of the molecule is O=C1CCC2CC(CSc3ccccn3)CN12. The van der Waals surface area contributed by atoms with Crippen LogP contribution in [-0.2, 0) is 4.79 Å². The second-order valence-corrected chi connectivity index (χ2v) is 5.86. The molecule has 1 amide bonds. The molecular weight excluding hydrogens is 232 g/mol. The molecule has 1 aromatic heterocycles. The van der Waals surface area contributed by atoms with Crippen LogP contribution in [0.1, 0.15) is 19.3 Å². The molecule has 3 nitrogen and oxygen atoms in total. The first kappa shape index (κ1) is 11.1. The number of fused-ring (bicyclic) bond motifs is 1. The van der Waals surface area contributed by atoms with Gasteiger partial charge in [-0.2, -0.15) is 0 Å². The summed E-state index contributed by atoms with van der Waals surface area (Å²) in [6, 6.07) is 6.54. The Bertz CT molecular complexity index is 409. The molecule has 0 spiro atoms. The van der Waals surface area contributed by atoms with Crippen molar-refractivity contribution in [3.63, 3.8) is 0 Å². The van der Waals surface area contributed by atoms with Crippen LogP contribution in [0.25, 0.3) is 0 Å². The molecule has 2 aliphatic rings. The fourth-order valence-electron chi connectivity index (χ4n) is 2.78. The summed E-state index contributed by atoms with van der Waals surface area (Å²) >= 11 is 1.81. The molecule has 0 aliphatic carbocycles. The van der Waals surface area contributed by atoms with Gasteiger partial charge < -0.3 is 4.90 Å². The molecule has 2 unspecified atom stereocenters. The molecule has 4 heteroatoms. The van der Waals surface area contributed by atoms with Crippen LogP contribution in [0.15, 0.2) is 29.4 Å². The van der Waals surface area contributed by atoms with Gasteiger partial charge in [0.15, 0.2) is 0 Å². The predicted molar refractivity (Wildman–Crippen MR) is 67.8 cm³/mol. The van der Waals surface area contributed by atoms with Crippen LogP contribution in [0.2, 0.25) is 0 Å². The number of aromatic nitrogens is 1. The minimum absolute atomic E-state index is 0.361. The van der Waals surface area contributed by atoms with Gasteiger partial charge in [-0.25, -0.2) is 4.98 Å². The molecule has 3 heterocycles. The lowest BCUT2D eigenvalue weighted by Crippen LogP contribution is -2.27. The van der Waals surface area contributed by atoms with Crippen molar-refractivity contribution in [1.82, 2.24) is 9.88 Å². The fraction of sp³-hybridized carbons (Fsp3) is 0.538. The van der Waals surface area contributed by atoms with Crippen LogP contribution in [0.3, 0.4) is 0 Å². The highest BCUT2D eigenvalue weighted by atomic mass is 32.2. The van der Waals surface area contributed by atoms with Crippen LogP contribution < -0.4 is 0 Å². The van der Waals surface area contributed by atoms with Crippen molar-refractivity contribution < 1.29 is 4.79 Å². The van der Waals surface area contributed by atoms with Crippen molar-refractivity contribution in [2.75, 3.05) is 12.3 Å². The summed E-state index contributed by atoms with van der Waals surface area (Å²) in [5.41, 5.74) is 0. The van der Waals surface area contributed by atoms with E-state index in [9.17, 15) is 4.79 Å². The lowest BCUT2D eigenvalue weighted by atomic mass is 10.1. The molecule has 2 atom stereocenters. The van der Waals surface area contributed by atoms with Crippen LogP contribution in [0.5, 0.6) is 0 Å². The first-order valence-corrected chi connectivity index (χ1v) is 7.15. The topological polar surface area (TPSA) is 33.2 Å². The Kier molecular flexibility index (Phi) is 3.05. The average Bonchev–Trinajstić information content (AvgIpc) is 2.91. The van der Waals surface area contributed by atoms with E-state index < -0.39 is 0 Å². The highest BCUT2D eigenvalue weighted by Gasteiger charge is 2.39. The molecule has 0 aromatic carbocycles. The van der Waals surface area contributed by atoms with Gasteiger partial charge >= 0.3 is 0 Å². The maximum Gasteiger partial charge on any atom is 0.222 e. The number of thioether (sulfide) groups is 1. The van der Waals surface area contributed by atoms with Gasteiger partial charge in [-0.15, -0.1) is 11.8 Å². The summed E-state index contributed by atoms with van der Waals surface area (Å²) in [7, 11) is 0. The zero-order valence-electron chi connectivity index (χ0n) is 9.71. The van der Waals surface area contributed by atoms with E-state index in [1.54, 1.807) is 0 Å². The summed E-state index contributed by atoms with van der Waals surface area (Å²) in [5, 5.41) is 1.09. The Balaban J connectivity index is 1.53. The molecule has 1 aromatic rings. The molecule has 3 rings (SSSR count). The second-order valence-electron chi connectivity index (χ2n) is 4.82. The number of rotatable bonds is 3. The fourth-order valence-corrected chi connectivity index (χ4v) is 3.74. The van der Waals surface area contributed by atoms with E-state index >= 15 is 0 Å². The van der Waals surface area contributed by atoms with Gasteiger partial charge in [0.1, 0.15) is 0 Å². The van der Waals surface area contributed by atoms with Gasteiger partial charge in [-0.05, 0) is 30.9 Å². The third-order valence-electron chi connectivity index (χ3n) is 3.62. The highest BCUT2D eigenvalue weighted by Crippen LogP contribution is 2.34. The van der Waals surface area contributed by atoms with Gasteiger partial charge in [0.2, 0.25) is 5.91 Å². The third kappa shape index (κ3) is 2.32. The lowest BCUT2D eigenvalue weighted by molar-refractivity contribution is -0.128. The monoisotopic (exact) mass is 248 g/mol. The first-order valence-electron chi connectivity index (χ1n) is 6.16. The molecule has 0 saturated carbocycles. The predicted octanol–water partition coefficient (Wildman–Crippen LogP) is 2.18. The largest absolute Gasteiger partial charge is 0.339 e. The molecular formula is C13H16N2OS. The Hall–Kier alpha value is -1.03. The normalized spacial score (nSPS) is 27.5. The van der Waals surface area contributed by atoms with Crippen molar-refractivity contribution in [3.05, 3.63) is 24.4 Å². The minimum atomic E-state index is 0.361. The van der Waals surface area contributed by atoms with Crippen molar-refractivity contribution in [2.45, 2.75) is 30.3 Å². The summed E-state index contributed by atoms with van der Waals surface area (Å²) in [4.78, 5) is 18.0. The Labute approximate surface area is 106 Å². The summed E-state index contributed by atoms with van der Waals surface area (Å²) in [6.07, 6.45) is 4.86. The van der Waals surface area contributed by atoms with E-state index in [1.165, 1.54) is 6.42 Å². The summed E-state index contributed by atoms with van der Waals surface area (Å²) in [5.74, 6) is 2.09. The minimum Gasteiger partial charge on any atom is -0.339 e. The molecule has 0 radical (unpaired) electrons. The first-order chi connectivity index (χ1) is 8.33. The maximum absolute atomic E-state index is 11.6. The number of nitrogens with zero attached hydrogens (tertiary/aromatic N) is 2. The molecule has 0 bridgehead atoms. The van der Waals surface area contributed by atoms with E-state index in [0.29, 0.717) is 17.9 Å². The molecule has 2 saturated heterocycles. The number of amides is 1. The second kappa shape index (κ2) is 4.69. The zero-order chi connectivity index (χ0) is 11.7. The van der Waals surface area contributed by atoms with Crippen LogP contribution in [0, 0.1) is 5.92 Å². The molecule has 2 aliphatic heterocycles. The number of carbonyl (C=O) groups is 1. The quantitative estimate of drug-likeness (QED) is 0.769. The van der Waals surface area contributed by atoms with Gasteiger partial charge in [-0.3, -0.25) is 4.79 Å². The molecule has 90 valence electrons. The number of pyridine rings is 1. The van der Waals surface area contributed by atoms with Crippen molar-refractivity contribution in [1.29, 1.82) is 0 Å². The average molecular weight is 248 g/mol. The number of hydrogen-bond acceptors (Lipinski definition) is 3. The number of carbonyl (C=O) groups excluding carboxylic acids is 1. The zero-order valence-corrected chi connectivity index (χ0v) is 10.5. The number of hydrogen-bond donors (Lipinski definition) is 0. The van der Waals surface area contributed by atoms with Gasteiger partial charge in [0.05, 0.1) is 5.03 Å². The van der Waals surface area contributed by atoms with Crippen molar-refractivity contribution in [3.8, 4) is 0 Å². The Morgan fingerprint density at radius 2 is 2.41 bits per heavy atom. The van der Waals surface area contributed by atoms with Crippen LogP contribution >= 0.6 is 11.8 Å². The van der Waals surface area contributed by atoms with Gasteiger partial charge in [-0.1, -0.05) is 6.07 Å². The van der Waals surface area contributed by atoms with Gasteiger partial charge in [0.25, 0.3) is 0 Å². The Morgan fingerprint density at radius 1 is 1.47 bits per heavy atom. The van der Waals surface area contributed by atoms with E-state index in [1.807, 2.05) is 36.2 Å². The van der Waals surface area contributed by atoms with Crippen LogP contribution in [-0.4, -0.2) is 34.1 Å². The molecule has 17 heavy (non-hydrogen) atoms. The van der Waals surface area contributed by atoms with E-state index in [-0.39, 0.29) is 0 Å². The summed E-state index contributed by atoms with van der Waals surface area (Å²) < 4.78 is 0.